The molecule has 1 heterocycles. The molecule has 2 amide bonds. The average Bonchev–Trinajstić information content (AvgIpc) is 3.70. The highest BCUT2D eigenvalue weighted by Crippen LogP contribution is 2.44. The lowest BCUT2D eigenvalue weighted by atomic mass is 9.96. The number of nitrogens with one attached hydrogen (secondary N) is 2. The maximum Gasteiger partial charge on any atom is 0.249 e. The lowest BCUT2D eigenvalue weighted by molar-refractivity contribution is -0.128. The van der Waals surface area contributed by atoms with E-state index in [9.17, 15) is 9.59 Å². The second-order valence-corrected chi connectivity index (χ2v) is 9.30. The molecule has 1 fully saturated rings. The third-order valence-corrected chi connectivity index (χ3v) is 7.09. The molecule has 0 aromatic heterocycles. The number of para-hydroxylation sites is 1. The largest absolute Gasteiger partial charge is 0.343 e. The van der Waals surface area contributed by atoms with E-state index in [1.165, 1.54) is 29.2 Å². The number of nitrogens with zero attached hydrogens (tertiary/aromatic N) is 1. The number of aryl methyl sites for hydroxylation is 1. The molecule has 3 aromatic rings. The Morgan fingerprint density at radius 2 is 1.73 bits per heavy atom. The SMILES string of the molecule is CN[C@@H](C)C(=O)NC1CCc2ccccc2N(Cc2ccc(C3CC3)c3ccccc23)C1=O. The minimum absolute atomic E-state index is 0.0491. The molecule has 0 radical (unpaired) electrons. The molecule has 2 N–H and O–H groups in total. The van der Waals surface area contributed by atoms with Gasteiger partial charge in [0, 0.05) is 5.69 Å². The van der Waals surface area contributed by atoms with Crippen LogP contribution >= 0.6 is 0 Å². The first-order valence-corrected chi connectivity index (χ1v) is 11.9. The molecule has 2 aliphatic rings. The number of fused-ring (bicyclic) bond motifs is 2. The van der Waals surface area contributed by atoms with Crippen molar-refractivity contribution < 1.29 is 9.59 Å². The molecule has 33 heavy (non-hydrogen) atoms. The predicted molar refractivity (Wildman–Crippen MR) is 132 cm³/mol. The minimum atomic E-state index is -0.544. The number of benzene rings is 3. The van der Waals surface area contributed by atoms with Crippen LogP contribution in [0.15, 0.2) is 60.7 Å². The van der Waals surface area contributed by atoms with Crippen LogP contribution in [0.5, 0.6) is 0 Å². The van der Waals surface area contributed by atoms with Crippen LogP contribution in [0.2, 0.25) is 0 Å². The summed E-state index contributed by atoms with van der Waals surface area (Å²) in [6.07, 6.45) is 3.86. The van der Waals surface area contributed by atoms with Crippen LogP contribution in [-0.2, 0) is 22.6 Å². The van der Waals surface area contributed by atoms with Crippen LogP contribution in [-0.4, -0.2) is 30.9 Å². The third-order valence-electron chi connectivity index (χ3n) is 7.09. The first kappa shape index (κ1) is 21.7. The molecular formula is C28H31N3O2. The molecule has 0 saturated heterocycles. The quantitative estimate of drug-likeness (QED) is 0.600. The highest BCUT2D eigenvalue weighted by atomic mass is 16.2. The van der Waals surface area contributed by atoms with E-state index in [1.807, 2.05) is 23.1 Å². The van der Waals surface area contributed by atoms with Gasteiger partial charge in [-0.05, 0) is 79.1 Å². The van der Waals surface area contributed by atoms with Crippen molar-refractivity contribution in [3.8, 4) is 0 Å². The zero-order valence-electron chi connectivity index (χ0n) is 19.3. The van der Waals surface area contributed by atoms with Crippen molar-refractivity contribution in [1.29, 1.82) is 0 Å². The molecule has 3 aromatic carbocycles. The van der Waals surface area contributed by atoms with E-state index in [2.05, 4.69) is 53.1 Å². The van der Waals surface area contributed by atoms with Gasteiger partial charge in [0.25, 0.3) is 0 Å². The summed E-state index contributed by atoms with van der Waals surface area (Å²) in [5.41, 5.74) is 4.64. The number of carbonyl (C=O) groups is 2. The van der Waals surface area contributed by atoms with E-state index in [0.29, 0.717) is 18.9 Å². The average molecular weight is 442 g/mol. The molecular weight excluding hydrogens is 410 g/mol. The molecule has 1 unspecified atom stereocenters. The van der Waals surface area contributed by atoms with Crippen LogP contribution in [0.3, 0.4) is 0 Å². The Hall–Kier alpha value is -3.18. The summed E-state index contributed by atoms with van der Waals surface area (Å²) >= 11 is 0. The molecule has 2 atom stereocenters. The standard InChI is InChI=1S/C28H31N3O2/c1-18(29-2)27(32)30-25-16-14-20-7-3-6-10-26(20)31(28(25)33)17-21-13-15-23(19-11-12-19)24-9-5-4-8-22(21)24/h3-10,13,15,18-19,25,29H,11-12,14,16-17H2,1-2H3,(H,30,32)/t18-,25?/m0/s1. The maximum atomic E-state index is 13.8. The fraction of sp³-hybridized carbons (Fsp3) is 0.357. The van der Waals surface area contributed by atoms with E-state index in [0.717, 1.165) is 23.2 Å². The van der Waals surface area contributed by atoms with Crippen LogP contribution in [0, 0.1) is 0 Å². The molecule has 5 nitrogen and oxygen atoms in total. The summed E-state index contributed by atoms with van der Waals surface area (Å²) in [7, 11) is 1.75. The molecule has 170 valence electrons. The number of hydrogen-bond donors (Lipinski definition) is 2. The van der Waals surface area contributed by atoms with Gasteiger partial charge in [-0.2, -0.15) is 0 Å². The third kappa shape index (κ3) is 4.25. The summed E-state index contributed by atoms with van der Waals surface area (Å²) in [6.45, 7) is 2.28. The van der Waals surface area contributed by atoms with E-state index in [-0.39, 0.29) is 17.9 Å². The second kappa shape index (κ2) is 8.99. The van der Waals surface area contributed by atoms with Gasteiger partial charge in [0.1, 0.15) is 6.04 Å². The molecule has 0 bridgehead atoms. The van der Waals surface area contributed by atoms with Crippen LogP contribution < -0.4 is 15.5 Å². The van der Waals surface area contributed by atoms with Gasteiger partial charge >= 0.3 is 0 Å². The number of likely N-dealkylation sites (N-methyl/N-ethyl adjacent to an activating group) is 1. The number of amides is 2. The highest BCUT2D eigenvalue weighted by molar-refractivity contribution is 6.01. The monoisotopic (exact) mass is 441 g/mol. The number of carbonyl (C=O) groups excluding carboxylic acids is 2. The van der Waals surface area contributed by atoms with Gasteiger partial charge in [-0.15, -0.1) is 0 Å². The van der Waals surface area contributed by atoms with Gasteiger partial charge in [-0.1, -0.05) is 54.6 Å². The van der Waals surface area contributed by atoms with E-state index in [4.69, 9.17) is 0 Å². The smallest absolute Gasteiger partial charge is 0.249 e. The van der Waals surface area contributed by atoms with Crippen molar-refractivity contribution in [1.82, 2.24) is 10.6 Å². The van der Waals surface area contributed by atoms with Crippen LogP contribution in [0.1, 0.15) is 48.8 Å². The topological polar surface area (TPSA) is 61.4 Å². The lowest BCUT2D eigenvalue weighted by Gasteiger charge is -2.27. The summed E-state index contributed by atoms with van der Waals surface area (Å²) in [4.78, 5) is 28.2. The van der Waals surface area contributed by atoms with Gasteiger partial charge in [-0.3, -0.25) is 9.59 Å². The Labute approximate surface area is 195 Å². The van der Waals surface area contributed by atoms with E-state index in [1.54, 1.807) is 14.0 Å². The van der Waals surface area contributed by atoms with Crippen LogP contribution in [0.25, 0.3) is 10.8 Å². The predicted octanol–water partition coefficient (Wildman–Crippen LogP) is 4.29. The first-order chi connectivity index (χ1) is 16.1. The van der Waals surface area contributed by atoms with E-state index < -0.39 is 6.04 Å². The van der Waals surface area contributed by atoms with Crippen molar-refractivity contribution in [2.75, 3.05) is 11.9 Å². The maximum absolute atomic E-state index is 13.8. The first-order valence-electron chi connectivity index (χ1n) is 11.9. The number of hydrogen-bond acceptors (Lipinski definition) is 3. The molecule has 1 aliphatic heterocycles. The van der Waals surface area contributed by atoms with Gasteiger partial charge in [0.15, 0.2) is 0 Å². The Balaban J connectivity index is 1.52. The van der Waals surface area contributed by atoms with Gasteiger partial charge in [0.2, 0.25) is 11.8 Å². The molecule has 5 rings (SSSR count). The summed E-state index contributed by atoms with van der Waals surface area (Å²) < 4.78 is 0. The summed E-state index contributed by atoms with van der Waals surface area (Å²) in [5, 5.41) is 8.44. The fourth-order valence-electron chi connectivity index (χ4n) is 4.88. The van der Waals surface area contributed by atoms with Gasteiger partial charge in [0.05, 0.1) is 12.6 Å². The van der Waals surface area contributed by atoms with E-state index >= 15 is 0 Å². The summed E-state index contributed by atoms with van der Waals surface area (Å²) in [6, 6.07) is 20.2. The van der Waals surface area contributed by atoms with Crippen molar-refractivity contribution in [2.24, 2.45) is 0 Å². The number of anilines is 1. The van der Waals surface area contributed by atoms with Crippen LogP contribution in [0.4, 0.5) is 5.69 Å². The Morgan fingerprint density at radius 1 is 1.00 bits per heavy atom. The van der Waals surface area contributed by atoms with Crippen molar-refractivity contribution in [3.63, 3.8) is 0 Å². The van der Waals surface area contributed by atoms with Gasteiger partial charge in [-0.25, -0.2) is 0 Å². The van der Waals surface area contributed by atoms with Gasteiger partial charge < -0.3 is 15.5 Å². The molecule has 1 aliphatic carbocycles. The Morgan fingerprint density at radius 3 is 2.48 bits per heavy atom. The van der Waals surface area contributed by atoms with Crippen molar-refractivity contribution in [2.45, 2.75) is 57.2 Å². The molecule has 1 saturated carbocycles. The lowest BCUT2D eigenvalue weighted by Crippen LogP contribution is -2.52. The minimum Gasteiger partial charge on any atom is -0.343 e. The van der Waals surface area contributed by atoms with Crippen molar-refractivity contribution >= 4 is 28.3 Å². The molecule has 0 spiro atoms. The second-order valence-electron chi connectivity index (χ2n) is 9.30. The number of rotatable bonds is 6. The highest BCUT2D eigenvalue weighted by Gasteiger charge is 2.33. The molecule has 5 heteroatoms. The zero-order chi connectivity index (χ0) is 22.9. The fourth-order valence-corrected chi connectivity index (χ4v) is 4.88. The van der Waals surface area contributed by atoms with Crippen molar-refractivity contribution in [3.05, 3.63) is 77.4 Å². The summed E-state index contributed by atoms with van der Waals surface area (Å²) in [5.74, 6) is 0.464. The normalized spacial score (nSPS) is 19.2. The Kier molecular flexibility index (Phi) is 5.90. The zero-order valence-corrected chi connectivity index (χ0v) is 19.3. The Bertz CT molecular complexity index is 1200.